The molecule has 18 heavy (non-hydrogen) atoms. The third-order valence-corrected chi connectivity index (χ3v) is 2.48. The van der Waals surface area contributed by atoms with Crippen molar-refractivity contribution in [3.8, 4) is 0 Å². The fourth-order valence-electron chi connectivity index (χ4n) is 1.65. The van der Waals surface area contributed by atoms with Crippen molar-refractivity contribution in [3.63, 3.8) is 0 Å². The van der Waals surface area contributed by atoms with Gasteiger partial charge in [0, 0.05) is 6.07 Å². The summed E-state index contributed by atoms with van der Waals surface area (Å²) in [6.45, 7) is 2.22. The number of hydrogen-bond acceptors (Lipinski definition) is 5. The highest BCUT2D eigenvalue weighted by Crippen LogP contribution is 2.23. The van der Waals surface area contributed by atoms with Gasteiger partial charge in [0.05, 0.1) is 29.2 Å². The molecule has 0 saturated carbocycles. The number of aryl methyl sites for hydroxylation is 1. The van der Waals surface area contributed by atoms with E-state index in [0.717, 1.165) is 5.69 Å². The Balaban J connectivity index is 2.20. The van der Waals surface area contributed by atoms with Crippen molar-refractivity contribution < 1.29 is 9.32 Å². The van der Waals surface area contributed by atoms with E-state index in [1.165, 1.54) is 0 Å². The number of carbonyl (C=O) groups excluding carboxylic acids is 1. The van der Waals surface area contributed by atoms with Gasteiger partial charge in [-0.3, -0.25) is 4.79 Å². The number of nitrogens with zero attached hydrogens (tertiary/aromatic N) is 1. The van der Waals surface area contributed by atoms with Crippen molar-refractivity contribution in [1.82, 2.24) is 5.16 Å². The molecule has 6 heteroatoms. The van der Waals surface area contributed by atoms with Gasteiger partial charge < -0.3 is 21.3 Å². The van der Waals surface area contributed by atoms with Gasteiger partial charge in [-0.1, -0.05) is 11.2 Å². The molecule has 2 rings (SSSR count). The Labute approximate surface area is 104 Å². The molecule has 0 aliphatic rings. The molecular weight excluding hydrogens is 232 g/mol. The largest absolute Gasteiger partial charge is 0.397 e. The molecule has 0 bridgehead atoms. The molecule has 6 nitrogen and oxygen atoms in total. The Morgan fingerprint density at radius 1 is 1.50 bits per heavy atom. The van der Waals surface area contributed by atoms with Crippen LogP contribution in [0.25, 0.3) is 0 Å². The number of nitrogens with two attached hydrogens (primary N) is 2. The number of nitrogens with one attached hydrogen (secondary N) is 1. The van der Waals surface area contributed by atoms with Gasteiger partial charge in [0.1, 0.15) is 0 Å². The smallest absolute Gasteiger partial charge is 0.250 e. The molecule has 0 radical (unpaired) electrons. The number of carbonyl (C=O) groups is 1. The SMILES string of the molecule is Cc1cc(CNc2c(N)cccc2C(N)=O)on1. The Kier molecular flexibility index (Phi) is 3.18. The zero-order chi connectivity index (χ0) is 13.1. The fraction of sp³-hybridized carbons (Fsp3) is 0.167. The van der Waals surface area contributed by atoms with E-state index < -0.39 is 5.91 Å². The quantitative estimate of drug-likeness (QED) is 0.704. The van der Waals surface area contributed by atoms with Gasteiger partial charge in [0.2, 0.25) is 0 Å². The number of para-hydroxylation sites is 1. The number of anilines is 2. The van der Waals surface area contributed by atoms with E-state index in [-0.39, 0.29) is 0 Å². The normalized spacial score (nSPS) is 10.3. The van der Waals surface area contributed by atoms with Crippen molar-refractivity contribution in [1.29, 1.82) is 0 Å². The van der Waals surface area contributed by atoms with Crippen molar-refractivity contribution in [2.24, 2.45) is 5.73 Å². The lowest BCUT2D eigenvalue weighted by molar-refractivity contribution is 0.100. The summed E-state index contributed by atoms with van der Waals surface area (Å²) >= 11 is 0. The molecule has 0 aliphatic heterocycles. The first-order chi connectivity index (χ1) is 8.58. The maximum atomic E-state index is 11.3. The monoisotopic (exact) mass is 246 g/mol. The lowest BCUT2D eigenvalue weighted by Gasteiger charge is -2.11. The first-order valence-electron chi connectivity index (χ1n) is 5.42. The van der Waals surface area contributed by atoms with Crippen LogP contribution in [0.4, 0.5) is 11.4 Å². The van der Waals surface area contributed by atoms with Crippen molar-refractivity contribution in [2.45, 2.75) is 13.5 Å². The predicted molar refractivity (Wildman–Crippen MR) is 67.9 cm³/mol. The summed E-state index contributed by atoms with van der Waals surface area (Å²) in [6.07, 6.45) is 0. The summed E-state index contributed by atoms with van der Waals surface area (Å²) in [4.78, 5) is 11.3. The van der Waals surface area contributed by atoms with Gasteiger partial charge in [0.15, 0.2) is 5.76 Å². The van der Waals surface area contributed by atoms with Crippen LogP contribution in [0.2, 0.25) is 0 Å². The molecule has 0 spiro atoms. The molecule has 1 heterocycles. The van der Waals surface area contributed by atoms with Crippen LogP contribution in [0.3, 0.4) is 0 Å². The first kappa shape index (κ1) is 12.0. The molecule has 0 aliphatic carbocycles. The van der Waals surface area contributed by atoms with Crippen molar-refractivity contribution in [2.75, 3.05) is 11.1 Å². The average Bonchev–Trinajstić information content (AvgIpc) is 2.73. The number of benzene rings is 1. The second-order valence-electron chi connectivity index (χ2n) is 3.92. The molecule has 0 atom stereocenters. The average molecular weight is 246 g/mol. The van der Waals surface area contributed by atoms with E-state index in [0.29, 0.717) is 29.2 Å². The van der Waals surface area contributed by atoms with Gasteiger partial charge in [-0.15, -0.1) is 0 Å². The number of primary amides is 1. The Morgan fingerprint density at radius 3 is 2.89 bits per heavy atom. The number of aromatic nitrogens is 1. The maximum absolute atomic E-state index is 11.3. The summed E-state index contributed by atoms with van der Waals surface area (Å²) in [7, 11) is 0. The summed E-state index contributed by atoms with van der Waals surface area (Å²) < 4.78 is 5.06. The molecule has 0 fully saturated rings. The van der Waals surface area contributed by atoms with Crippen molar-refractivity contribution in [3.05, 3.63) is 41.3 Å². The topological polar surface area (TPSA) is 107 Å². The molecule has 0 unspecified atom stereocenters. The van der Waals surface area contributed by atoms with Crippen LogP contribution in [0.15, 0.2) is 28.8 Å². The van der Waals surface area contributed by atoms with E-state index in [9.17, 15) is 4.79 Å². The van der Waals surface area contributed by atoms with E-state index >= 15 is 0 Å². The molecular formula is C12H14N4O2. The third kappa shape index (κ3) is 2.42. The fourth-order valence-corrected chi connectivity index (χ4v) is 1.65. The van der Waals surface area contributed by atoms with E-state index in [4.69, 9.17) is 16.0 Å². The first-order valence-corrected chi connectivity index (χ1v) is 5.42. The minimum atomic E-state index is -0.529. The molecule has 1 aromatic carbocycles. The highest BCUT2D eigenvalue weighted by Gasteiger charge is 2.11. The molecule has 1 aromatic heterocycles. The van der Waals surface area contributed by atoms with Crippen LogP contribution in [0.1, 0.15) is 21.8 Å². The molecule has 94 valence electrons. The van der Waals surface area contributed by atoms with Gasteiger partial charge in [-0.25, -0.2) is 0 Å². The van der Waals surface area contributed by atoms with Crippen LogP contribution in [0.5, 0.6) is 0 Å². The highest BCUT2D eigenvalue weighted by atomic mass is 16.5. The Morgan fingerprint density at radius 2 is 2.28 bits per heavy atom. The van der Waals surface area contributed by atoms with Crippen LogP contribution in [-0.4, -0.2) is 11.1 Å². The maximum Gasteiger partial charge on any atom is 0.250 e. The minimum absolute atomic E-state index is 0.353. The zero-order valence-electron chi connectivity index (χ0n) is 9.93. The second kappa shape index (κ2) is 4.79. The minimum Gasteiger partial charge on any atom is -0.397 e. The van der Waals surface area contributed by atoms with Gasteiger partial charge >= 0.3 is 0 Å². The number of nitrogen functional groups attached to an aromatic ring is 1. The molecule has 5 N–H and O–H groups in total. The van der Waals surface area contributed by atoms with Crippen molar-refractivity contribution >= 4 is 17.3 Å². The molecule has 2 aromatic rings. The summed E-state index contributed by atoms with van der Waals surface area (Å²) in [5.74, 6) is 0.129. The number of hydrogen-bond donors (Lipinski definition) is 3. The Bertz CT molecular complexity index is 577. The number of rotatable bonds is 4. The Hall–Kier alpha value is -2.50. The van der Waals surface area contributed by atoms with Gasteiger partial charge in [-0.05, 0) is 19.1 Å². The van der Waals surface area contributed by atoms with E-state index in [1.54, 1.807) is 24.3 Å². The lowest BCUT2D eigenvalue weighted by Crippen LogP contribution is -2.15. The summed E-state index contributed by atoms with van der Waals surface area (Å²) in [5.41, 5.74) is 13.2. The molecule has 0 saturated heterocycles. The molecule has 1 amide bonds. The summed E-state index contributed by atoms with van der Waals surface area (Å²) in [6, 6.07) is 6.79. The summed E-state index contributed by atoms with van der Waals surface area (Å²) in [5, 5.41) is 6.80. The highest BCUT2D eigenvalue weighted by molar-refractivity contribution is 6.01. The van der Waals surface area contributed by atoms with Crippen LogP contribution >= 0.6 is 0 Å². The van der Waals surface area contributed by atoms with Crippen LogP contribution in [-0.2, 0) is 6.54 Å². The lowest BCUT2D eigenvalue weighted by atomic mass is 10.1. The second-order valence-corrected chi connectivity index (χ2v) is 3.92. The zero-order valence-corrected chi connectivity index (χ0v) is 9.93. The van der Waals surface area contributed by atoms with Crippen LogP contribution in [0, 0.1) is 6.92 Å². The van der Waals surface area contributed by atoms with E-state index in [2.05, 4.69) is 10.5 Å². The van der Waals surface area contributed by atoms with E-state index in [1.807, 2.05) is 6.92 Å². The predicted octanol–water partition coefficient (Wildman–Crippen LogP) is 1.28. The van der Waals surface area contributed by atoms with Gasteiger partial charge in [-0.2, -0.15) is 0 Å². The standard InChI is InChI=1S/C12H14N4O2/c1-7-5-8(18-16-7)6-15-11-9(12(14)17)3-2-4-10(11)13/h2-5,15H,6,13H2,1H3,(H2,14,17). The third-order valence-electron chi connectivity index (χ3n) is 2.48. The number of amides is 1. The van der Waals surface area contributed by atoms with Gasteiger partial charge in [0.25, 0.3) is 5.91 Å². The van der Waals surface area contributed by atoms with Crippen LogP contribution < -0.4 is 16.8 Å².